The second-order valence-electron chi connectivity index (χ2n) is 5.19. The van der Waals surface area contributed by atoms with Gasteiger partial charge in [0.25, 0.3) is 5.91 Å². The predicted octanol–water partition coefficient (Wildman–Crippen LogP) is 2.97. The summed E-state index contributed by atoms with van der Waals surface area (Å²) in [6.07, 6.45) is 3.81. The zero-order valence-electron chi connectivity index (χ0n) is 12.5. The van der Waals surface area contributed by atoms with Crippen molar-refractivity contribution in [3.63, 3.8) is 0 Å². The number of aromatic nitrogens is 2. The number of nitrogens with zero attached hydrogens (tertiary/aromatic N) is 2. The maximum atomic E-state index is 11.9. The van der Waals surface area contributed by atoms with Crippen molar-refractivity contribution < 1.29 is 9.53 Å². The molecule has 3 aromatic rings. The van der Waals surface area contributed by atoms with E-state index < -0.39 is 0 Å². The fourth-order valence-electron chi connectivity index (χ4n) is 2.20. The van der Waals surface area contributed by atoms with Crippen molar-refractivity contribution in [1.29, 1.82) is 0 Å². The Morgan fingerprint density at radius 2 is 2.00 bits per heavy atom. The molecule has 0 aliphatic rings. The number of carbonyl (C=O) groups excluding carboxylic acids is 1. The number of aryl methyl sites for hydroxylation is 2. The number of benzene rings is 1. The molecule has 0 aliphatic heterocycles. The van der Waals surface area contributed by atoms with Crippen LogP contribution in [0.3, 0.4) is 0 Å². The summed E-state index contributed by atoms with van der Waals surface area (Å²) in [4.78, 5) is 16.3. The lowest BCUT2D eigenvalue weighted by Crippen LogP contribution is -2.20. The Morgan fingerprint density at radius 1 is 1.23 bits per heavy atom. The number of pyridine rings is 1. The van der Waals surface area contributed by atoms with E-state index >= 15 is 0 Å². The van der Waals surface area contributed by atoms with Crippen molar-refractivity contribution >= 4 is 17.2 Å². The lowest BCUT2D eigenvalue weighted by molar-refractivity contribution is -0.118. The minimum absolute atomic E-state index is 0.0561. The van der Waals surface area contributed by atoms with E-state index in [0.717, 1.165) is 16.9 Å². The van der Waals surface area contributed by atoms with E-state index in [2.05, 4.69) is 10.3 Å². The third-order valence-electron chi connectivity index (χ3n) is 3.26. The Balaban J connectivity index is 1.66. The SMILES string of the molecule is Cc1ccc(NC(=O)COc2cccn3cc(C)nc23)cc1. The molecule has 22 heavy (non-hydrogen) atoms. The number of ether oxygens (including phenoxy) is 1. The highest BCUT2D eigenvalue weighted by molar-refractivity contribution is 5.91. The third-order valence-corrected chi connectivity index (χ3v) is 3.26. The largest absolute Gasteiger partial charge is 0.480 e. The zero-order chi connectivity index (χ0) is 15.5. The highest BCUT2D eigenvalue weighted by Gasteiger charge is 2.08. The van der Waals surface area contributed by atoms with Crippen molar-refractivity contribution in [2.24, 2.45) is 0 Å². The molecule has 0 aliphatic carbocycles. The van der Waals surface area contributed by atoms with Gasteiger partial charge < -0.3 is 14.5 Å². The minimum atomic E-state index is -0.200. The van der Waals surface area contributed by atoms with Gasteiger partial charge in [-0.25, -0.2) is 4.98 Å². The second kappa shape index (κ2) is 5.89. The van der Waals surface area contributed by atoms with Crippen molar-refractivity contribution in [3.05, 3.63) is 60.0 Å². The maximum Gasteiger partial charge on any atom is 0.262 e. The molecule has 2 aromatic heterocycles. The summed E-state index contributed by atoms with van der Waals surface area (Å²) in [6.45, 7) is 3.86. The molecule has 2 heterocycles. The van der Waals surface area contributed by atoms with Crippen LogP contribution < -0.4 is 10.1 Å². The fraction of sp³-hybridized carbons (Fsp3) is 0.176. The van der Waals surface area contributed by atoms with Crippen molar-refractivity contribution in [3.8, 4) is 5.75 Å². The smallest absolute Gasteiger partial charge is 0.262 e. The van der Waals surface area contributed by atoms with Crippen LogP contribution in [-0.2, 0) is 4.79 Å². The number of imidazole rings is 1. The van der Waals surface area contributed by atoms with Crippen molar-refractivity contribution in [1.82, 2.24) is 9.38 Å². The third kappa shape index (κ3) is 3.09. The molecular formula is C17H17N3O2. The highest BCUT2D eigenvalue weighted by atomic mass is 16.5. The Labute approximate surface area is 128 Å². The standard InChI is InChI=1S/C17H17N3O2/c1-12-5-7-14(8-6-12)19-16(21)11-22-15-4-3-9-20-10-13(2)18-17(15)20/h3-10H,11H2,1-2H3,(H,19,21). The summed E-state index contributed by atoms with van der Waals surface area (Å²) in [5.41, 5.74) is 3.52. The maximum absolute atomic E-state index is 11.9. The Bertz CT molecular complexity index is 806. The van der Waals surface area contributed by atoms with Gasteiger partial charge in [0.2, 0.25) is 0 Å². The first-order valence-electron chi connectivity index (χ1n) is 7.05. The Kier molecular flexibility index (Phi) is 3.78. The van der Waals surface area contributed by atoms with Crippen LogP contribution in [-0.4, -0.2) is 21.9 Å². The number of anilines is 1. The number of hydrogen-bond acceptors (Lipinski definition) is 3. The summed E-state index contributed by atoms with van der Waals surface area (Å²) in [5, 5.41) is 2.80. The van der Waals surface area contributed by atoms with E-state index in [1.165, 1.54) is 0 Å². The molecule has 0 unspecified atom stereocenters. The number of fused-ring (bicyclic) bond motifs is 1. The minimum Gasteiger partial charge on any atom is -0.480 e. The van der Waals surface area contributed by atoms with Gasteiger partial charge in [0.15, 0.2) is 18.0 Å². The molecular weight excluding hydrogens is 278 g/mol. The van der Waals surface area contributed by atoms with Crippen LogP contribution in [0.5, 0.6) is 5.75 Å². The average Bonchev–Trinajstić information content (AvgIpc) is 2.88. The van der Waals surface area contributed by atoms with Crippen LogP contribution >= 0.6 is 0 Å². The van der Waals surface area contributed by atoms with Gasteiger partial charge in [-0.1, -0.05) is 17.7 Å². The van der Waals surface area contributed by atoms with Gasteiger partial charge in [-0.05, 0) is 38.1 Å². The van der Waals surface area contributed by atoms with Gasteiger partial charge in [0.1, 0.15) is 0 Å². The molecule has 3 rings (SSSR count). The van der Waals surface area contributed by atoms with Gasteiger partial charge in [-0.15, -0.1) is 0 Å². The lowest BCUT2D eigenvalue weighted by Gasteiger charge is -2.08. The molecule has 0 fully saturated rings. The molecule has 112 valence electrons. The topological polar surface area (TPSA) is 55.6 Å². The molecule has 0 bridgehead atoms. The van der Waals surface area contributed by atoms with E-state index in [9.17, 15) is 4.79 Å². The zero-order valence-corrected chi connectivity index (χ0v) is 12.5. The van der Waals surface area contributed by atoms with E-state index in [4.69, 9.17) is 4.74 Å². The van der Waals surface area contributed by atoms with E-state index in [0.29, 0.717) is 11.4 Å². The average molecular weight is 295 g/mol. The fourth-order valence-corrected chi connectivity index (χ4v) is 2.20. The summed E-state index contributed by atoms with van der Waals surface area (Å²) in [5.74, 6) is 0.392. The second-order valence-corrected chi connectivity index (χ2v) is 5.19. The molecule has 0 radical (unpaired) electrons. The summed E-state index contributed by atoms with van der Waals surface area (Å²) in [6, 6.07) is 11.3. The first-order chi connectivity index (χ1) is 10.6. The van der Waals surface area contributed by atoms with Crippen LogP contribution in [0.25, 0.3) is 5.65 Å². The predicted molar refractivity (Wildman–Crippen MR) is 85.2 cm³/mol. The number of hydrogen-bond donors (Lipinski definition) is 1. The van der Waals surface area contributed by atoms with Crippen LogP contribution in [0.4, 0.5) is 5.69 Å². The first-order valence-corrected chi connectivity index (χ1v) is 7.05. The number of amides is 1. The lowest BCUT2D eigenvalue weighted by atomic mass is 10.2. The number of carbonyl (C=O) groups is 1. The summed E-state index contributed by atoms with van der Waals surface area (Å²) < 4.78 is 7.47. The van der Waals surface area contributed by atoms with Crippen LogP contribution in [0.2, 0.25) is 0 Å². The van der Waals surface area contributed by atoms with Crippen molar-refractivity contribution in [2.75, 3.05) is 11.9 Å². The molecule has 5 heteroatoms. The molecule has 1 amide bonds. The number of nitrogens with one attached hydrogen (secondary N) is 1. The Hall–Kier alpha value is -2.82. The van der Waals surface area contributed by atoms with Gasteiger partial charge in [-0.2, -0.15) is 0 Å². The number of rotatable bonds is 4. The van der Waals surface area contributed by atoms with E-state index in [1.54, 1.807) is 6.07 Å². The molecule has 0 saturated heterocycles. The van der Waals surface area contributed by atoms with Crippen LogP contribution in [0.1, 0.15) is 11.3 Å². The van der Waals surface area contributed by atoms with E-state index in [-0.39, 0.29) is 12.5 Å². The van der Waals surface area contributed by atoms with Gasteiger partial charge >= 0.3 is 0 Å². The van der Waals surface area contributed by atoms with Crippen molar-refractivity contribution in [2.45, 2.75) is 13.8 Å². The first kappa shape index (κ1) is 14.1. The van der Waals surface area contributed by atoms with Gasteiger partial charge in [0.05, 0.1) is 5.69 Å². The van der Waals surface area contributed by atoms with Gasteiger partial charge in [0, 0.05) is 18.1 Å². The van der Waals surface area contributed by atoms with Crippen LogP contribution in [0, 0.1) is 13.8 Å². The van der Waals surface area contributed by atoms with Crippen LogP contribution in [0.15, 0.2) is 48.8 Å². The summed E-state index contributed by atoms with van der Waals surface area (Å²) in [7, 11) is 0. The van der Waals surface area contributed by atoms with Gasteiger partial charge in [-0.3, -0.25) is 4.79 Å². The monoisotopic (exact) mass is 295 g/mol. The quantitative estimate of drug-likeness (QED) is 0.805. The molecule has 1 aromatic carbocycles. The highest BCUT2D eigenvalue weighted by Crippen LogP contribution is 2.18. The molecule has 0 atom stereocenters. The Morgan fingerprint density at radius 3 is 2.77 bits per heavy atom. The molecule has 5 nitrogen and oxygen atoms in total. The normalized spacial score (nSPS) is 10.6. The molecule has 0 saturated carbocycles. The van der Waals surface area contributed by atoms with E-state index in [1.807, 2.05) is 61.0 Å². The molecule has 0 spiro atoms. The summed E-state index contributed by atoms with van der Waals surface area (Å²) >= 11 is 0. The molecule has 1 N–H and O–H groups in total.